The van der Waals surface area contributed by atoms with Crippen LogP contribution in [0, 0.1) is 5.92 Å². The lowest BCUT2D eigenvalue weighted by Crippen LogP contribution is -2.30. The number of aromatic nitrogens is 1. The van der Waals surface area contributed by atoms with Crippen LogP contribution in [0.2, 0.25) is 0 Å². The van der Waals surface area contributed by atoms with Gasteiger partial charge < -0.3 is 10.0 Å². The standard InChI is InChI=1S/C12H15BrN2O2/c1-8(16)9-2-3-15(7-9)12(17)10-4-11(13)6-14-5-10/h4-6,8-9,16H,2-3,7H2,1H3. The Morgan fingerprint density at radius 3 is 3.00 bits per heavy atom. The van der Waals surface area contributed by atoms with E-state index in [0.29, 0.717) is 18.7 Å². The van der Waals surface area contributed by atoms with E-state index in [1.807, 2.05) is 0 Å². The van der Waals surface area contributed by atoms with Crippen LogP contribution in [0.4, 0.5) is 0 Å². The number of aliphatic hydroxyl groups excluding tert-OH is 1. The van der Waals surface area contributed by atoms with Crippen LogP contribution in [-0.2, 0) is 0 Å². The van der Waals surface area contributed by atoms with Gasteiger partial charge in [0.1, 0.15) is 0 Å². The summed E-state index contributed by atoms with van der Waals surface area (Å²) in [6.45, 7) is 3.11. The molecule has 0 saturated carbocycles. The minimum absolute atomic E-state index is 0.0121. The number of likely N-dealkylation sites (tertiary alicyclic amines) is 1. The van der Waals surface area contributed by atoms with Gasteiger partial charge in [0, 0.05) is 35.9 Å². The van der Waals surface area contributed by atoms with Crippen molar-refractivity contribution in [3.63, 3.8) is 0 Å². The minimum Gasteiger partial charge on any atom is -0.393 e. The van der Waals surface area contributed by atoms with Gasteiger partial charge in [-0.1, -0.05) is 0 Å². The predicted molar refractivity (Wildman–Crippen MR) is 67.6 cm³/mol. The molecule has 1 aromatic rings. The molecule has 92 valence electrons. The average molecular weight is 299 g/mol. The Hall–Kier alpha value is -0.940. The molecular formula is C12H15BrN2O2. The molecule has 0 aromatic carbocycles. The van der Waals surface area contributed by atoms with Gasteiger partial charge in [-0.15, -0.1) is 0 Å². The Bertz CT molecular complexity index is 423. The van der Waals surface area contributed by atoms with Gasteiger partial charge in [0.25, 0.3) is 5.91 Å². The lowest BCUT2D eigenvalue weighted by Gasteiger charge is -2.17. The lowest BCUT2D eigenvalue weighted by atomic mass is 10.0. The summed E-state index contributed by atoms with van der Waals surface area (Å²) >= 11 is 3.30. The average Bonchev–Trinajstić information content (AvgIpc) is 2.77. The molecule has 1 aromatic heterocycles. The van der Waals surface area contributed by atoms with Crippen molar-refractivity contribution in [1.29, 1.82) is 0 Å². The summed E-state index contributed by atoms with van der Waals surface area (Å²) in [5, 5.41) is 9.51. The fraction of sp³-hybridized carbons (Fsp3) is 0.500. The number of aliphatic hydroxyl groups is 1. The SMILES string of the molecule is CC(O)C1CCN(C(=O)c2cncc(Br)c2)C1. The Morgan fingerprint density at radius 1 is 1.65 bits per heavy atom. The van der Waals surface area contributed by atoms with Crippen LogP contribution in [0.3, 0.4) is 0 Å². The maximum Gasteiger partial charge on any atom is 0.255 e. The smallest absolute Gasteiger partial charge is 0.255 e. The largest absolute Gasteiger partial charge is 0.393 e. The number of pyridine rings is 1. The zero-order chi connectivity index (χ0) is 12.4. The number of carbonyl (C=O) groups is 1. The summed E-state index contributed by atoms with van der Waals surface area (Å²) < 4.78 is 0.801. The molecule has 1 fully saturated rings. The van der Waals surface area contributed by atoms with Crippen LogP contribution in [0.25, 0.3) is 0 Å². The Labute approximate surface area is 109 Å². The second kappa shape index (κ2) is 5.14. The van der Waals surface area contributed by atoms with Gasteiger partial charge in [-0.25, -0.2) is 0 Å². The monoisotopic (exact) mass is 298 g/mol. The first-order chi connectivity index (χ1) is 8.08. The highest BCUT2D eigenvalue weighted by Crippen LogP contribution is 2.22. The van der Waals surface area contributed by atoms with Crippen LogP contribution in [0.15, 0.2) is 22.9 Å². The normalized spacial score (nSPS) is 21.6. The third kappa shape index (κ3) is 2.84. The molecule has 2 unspecified atom stereocenters. The predicted octanol–water partition coefficient (Wildman–Crippen LogP) is 1.69. The van der Waals surface area contributed by atoms with Gasteiger partial charge in [-0.2, -0.15) is 0 Å². The van der Waals surface area contributed by atoms with E-state index in [0.717, 1.165) is 10.9 Å². The van der Waals surface area contributed by atoms with Crippen LogP contribution in [0.1, 0.15) is 23.7 Å². The molecule has 4 nitrogen and oxygen atoms in total. The number of hydrogen-bond donors (Lipinski definition) is 1. The van der Waals surface area contributed by atoms with Crippen molar-refractivity contribution in [2.45, 2.75) is 19.4 Å². The maximum absolute atomic E-state index is 12.2. The number of amides is 1. The van der Waals surface area contributed by atoms with Crippen molar-refractivity contribution in [3.8, 4) is 0 Å². The number of halogens is 1. The molecule has 0 spiro atoms. The highest BCUT2D eigenvalue weighted by Gasteiger charge is 2.29. The molecule has 1 aliphatic heterocycles. The summed E-state index contributed by atoms with van der Waals surface area (Å²) in [4.78, 5) is 17.9. The molecule has 1 aliphatic rings. The van der Waals surface area contributed by atoms with Crippen molar-refractivity contribution in [2.75, 3.05) is 13.1 Å². The van der Waals surface area contributed by atoms with Crippen LogP contribution < -0.4 is 0 Å². The summed E-state index contributed by atoms with van der Waals surface area (Å²) in [6.07, 6.45) is 3.74. The molecule has 0 bridgehead atoms. The quantitative estimate of drug-likeness (QED) is 0.904. The molecule has 1 saturated heterocycles. The summed E-state index contributed by atoms with van der Waals surface area (Å²) in [7, 11) is 0. The highest BCUT2D eigenvalue weighted by molar-refractivity contribution is 9.10. The van der Waals surface area contributed by atoms with E-state index in [1.165, 1.54) is 0 Å². The fourth-order valence-electron chi connectivity index (χ4n) is 2.08. The van der Waals surface area contributed by atoms with Gasteiger partial charge in [0.15, 0.2) is 0 Å². The highest BCUT2D eigenvalue weighted by atomic mass is 79.9. The first-order valence-corrected chi connectivity index (χ1v) is 6.45. The number of rotatable bonds is 2. The topological polar surface area (TPSA) is 53.4 Å². The first kappa shape index (κ1) is 12.5. The van der Waals surface area contributed by atoms with Crippen molar-refractivity contribution < 1.29 is 9.90 Å². The summed E-state index contributed by atoms with van der Waals surface area (Å²) in [5.74, 6) is 0.181. The van der Waals surface area contributed by atoms with E-state index in [2.05, 4.69) is 20.9 Å². The molecular weight excluding hydrogens is 284 g/mol. The molecule has 2 heterocycles. The molecule has 1 N–H and O–H groups in total. The summed E-state index contributed by atoms with van der Waals surface area (Å²) in [6, 6.07) is 1.77. The van der Waals surface area contributed by atoms with Gasteiger partial charge in [0.05, 0.1) is 11.7 Å². The molecule has 0 aliphatic carbocycles. The van der Waals surface area contributed by atoms with Crippen molar-refractivity contribution in [3.05, 3.63) is 28.5 Å². The van der Waals surface area contributed by atoms with E-state index >= 15 is 0 Å². The van der Waals surface area contributed by atoms with E-state index < -0.39 is 0 Å². The summed E-state index contributed by atoms with van der Waals surface area (Å²) in [5.41, 5.74) is 0.589. The third-order valence-corrected chi connectivity index (χ3v) is 3.58. The van der Waals surface area contributed by atoms with E-state index in [1.54, 1.807) is 30.3 Å². The number of hydrogen-bond acceptors (Lipinski definition) is 3. The van der Waals surface area contributed by atoms with E-state index in [9.17, 15) is 9.90 Å². The van der Waals surface area contributed by atoms with E-state index in [4.69, 9.17) is 0 Å². The first-order valence-electron chi connectivity index (χ1n) is 5.66. The number of nitrogens with zero attached hydrogens (tertiary/aromatic N) is 2. The Kier molecular flexibility index (Phi) is 3.79. The molecule has 2 atom stereocenters. The third-order valence-electron chi connectivity index (χ3n) is 3.15. The zero-order valence-corrected chi connectivity index (χ0v) is 11.2. The van der Waals surface area contributed by atoms with Gasteiger partial charge in [-0.05, 0) is 35.3 Å². The van der Waals surface area contributed by atoms with Gasteiger partial charge >= 0.3 is 0 Å². The molecule has 5 heteroatoms. The molecule has 1 amide bonds. The lowest BCUT2D eigenvalue weighted by molar-refractivity contribution is 0.0762. The molecule has 2 rings (SSSR count). The Morgan fingerprint density at radius 2 is 2.41 bits per heavy atom. The maximum atomic E-state index is 12.2. The number of carbonyl (C=O) groups excluding carboxylic acids is 1. The van der Waals surface area contributed by atoms with Crippen LogP contribution >= 0.6 is 15.9 Å². The minimum atomic E-state index is -0.353. The zero-order valence-electron chi connectivity index (χ0n) is 9.64. The van der Waals surface area contributed by atoms with Crippen molar-refractivity contribution in [2.24, 2.45) is 5.92 Å². The van der Waals surface area contributed by atoms with Crippen molar-refractivity contribution in [1.82, 2.24) is 9.88 Å². The second-order valence-electron chi connectivity index (χ2n) is 4.43. The van der Waals surface area contributed by atoms with Crippen molar-refractivity contribution >= 4 is 21.8 Å². The van der Waals surface area contributed by atoms with Crippen LogP contribution in [-0.4, -0.2) is 40.1 Å². The van der Waals surface area contributed by atoms with Crippen LogP contribution in [0.5, 0.6) is 0 Å². The molecule has 0 radical (unpaired) electrons. The van der Waals surface area contributed by atoms with Gasteiger partial charge in [0.2, 0.25) is 0 Å². The molecule has 17 heavy (non-hydrogen) atoms. The van der Waals surface area contributed by atoms with Gasteiger partial charge in [-0.3, -0.25) is 9.78 Å². The fourth-order valence-corrected chi connectivity index (χ4v) is 2.44. The Balaban J connectivity index is 2.07. The van der Waals surface area contributed by atoms with E-state index in [-0.39, 0.29) is 17.9 Å². The second-order valence-corrected chi connectivity index (χ2v) is 5.35.